The average Bonchev–Trinajstić information content (AvgIpc) is 3.00. The van der Waals surface area contributed by atoms with E-state index in [4.69, 9.17) is 0 Å². The molecule has 104 valence electrons. The molecule has 7 heteroatoms. The molecule has 5 nitrogen and oxygen atoms in total. The third kappa shape index (κ3) is 2.70. The quantitative estimate of drug-likeness (QED) is 0.735. The molecule has 0 bridgehead atoms. The van der Waals surface area contributed by atoms with Crippen LogP contribution < -0.4 is 5.32 Å². The van der Waals surface area contributed by atoms with E-state index in [0.717, 1.165) is 39.5 Å². The van der Waals surface area contributed by atoms with Gasteiger partial charge in [0.25, 0.3) is 0 Å². The first-order chi connectivity index (χ1) is 9.78. The van der Waals surface area contributed by atoms with Crippen molar-refractivity contribution in [2.24, 2.45) is 0 Å². The molecule has 3 aromatic rings. The van der Waals surface area contributed by atoms with Gasteiger partial charge >= 0.3 is 0 Å². The summed E-state index contributed by atoms with van der Waals surface area (Å²) in [7, 11) is 0. The largest absolute Gasteiger partial charge is 0.311 e. The van der Waals surface area contributed by atoms with Gasteiger partial charge in [0.05, 0.1) is 5.69 Å². The lowest BCUT2D eigenvalue weighted by Gasteiger charge is -2.04. The Kier molecular flexibility index (Phi) is 4.00. The summed E-state index contributed by atoms with van der Waals surface area (Å²) in [5.41, 5.74) is 2.23. The van der Waals surface area contributed by atoms with Crippen molar-refractivity contribution in [3.8, 4) is 0 Å². The monoisotopic (exact) mass is 305 g/mol. The van der Waals surface area contributed by atoms with E-state index in [-0.39, 0.29) is 0 Å². The molecule has 1 N–H and O–H groups in total. The number of nitrogens with zero attached hydrogens (tertiary/aromatic N) is 4. The van der Waals surface area contributed by atoms with Gasteiger partial charge in [-0.05, 0) is 30.8 Å². The van der Waals surface area contributed by atoms with Gasteiger partial charge in [-0.25, -0.2) is 15.0 Å². The predicted octanol–water partition coefficient (Wildman–Crippen LogP) is 2.75. The lowest BCUT2D eigenvalue weighted by atomic mass is 10.4. The molecule has 0 aliphatic heterocycles. The third-order valence-corrected chi connectivity index (χ3v) is 4.48. The normalized spacial score (nSPS) is 11.3. The summed E-state index contributed by atoms with van der Waals surface area (Å²) in [5.74, 6) is 0. The van der Waals surface area contributed by atoms with Crippen LogP contribution in [0.2, 0.25) is 0 Å². The molecule has 20 heavy (non-hydrogen) atoms. The Labute approximate surface area is 125 Å². The van der Waals surface area contributed by atoms with Gasteiger partial charge < -0.3 is 5.32 Å². The number of aromatic nitrogens is 4. The molecule has 0 atom stereocenters. The summed E-state index contributed by atoms with van der Waals surface area (Å²) in [6.45, 7) is 5.81. The fourth-order valence-corrected chi connectivity index (χ4v) is 3.41. The van der Waals surface area contributed by atoms with Crippen LogP contribution in [0.1, 0.15) is 18.2 Å². The number of fused-ring (bicyclic) bond motifs is 1. The Morgan fingerprint density at radius 3 is 2.90 bits per heavy atom. The summed E-state index contributed by atoms with van der Waals surface area (Å²) < 4.78 is 2.13. The van der Waals surface area contributed by atoms with E-state index in [1.165, 1.54) is 11.8 Å². The lowest BCUT2D eigenvalue weighted by Crippen LogP contribution is -2.13. The smallest absolute Gasteiger partial charge is 0.194 e. The second-order valence-electron chi connectivity index (χ2n) is 4.34. The number of imidazole rings is 1. The number of aryl methyl sites for hydroxylation is 1. The van der Waals surface area contributed by atoms with Crippen LogP contribution in [0.25, 0.3) is 4.96 Å². The summed E-state index contributed by atoms with van der Waals surface area (Å²) in [6, 6.07) is 0. The minimum atomic E-state index is 0.735. The van der Waals surface area contributed by atoms with Gasteiger partial charge in [0.2, 0.25) is 0 Å². The maximum Gasteiger partial charge on any atom is 0.194 e. The molecule has 0 amide bonds. The highest BCUT2D eigenvalue weighted by Gasteiger charge is 2.15. The van der Waals surface area contributed by atoms with Gasteiger partial charge in [0.15, 0.2) is 10.1 Å². The van der Waals surface area contributed by atoms with E-state index in [9.17, 15) is 0 Å². The number of thiazole rings is 1. The molecule has 0 aromatic carbocycles. The van der Waals surface area contributed by atoms with E-state index in [1.54, 1.807) is 11.3 Å². The first-order valence-electron chi connectivity index (χ1n) is 6.39. The van der Waals surface area contributed by atoms with Gasteiger partial charge in [0, 0.05) is 30.5 Å². The van der Waals surface area contributed by atoms with Crippen LogP contribution in [0.4, 0.5) is 0 Å². The maximum atomic E-state index is 4.67. The molecule has 0 aliphatic carbocycles. The van der Waals surface area contributed by atoms with E-state index >= 15 is 0 Å². The fraction of sp³-hybridized carbons (Fsp3) is 0.308. The van der Waals surface area contributed by atoms with E-state index in [2.05, 4.69) is 43.2 Å². The Balaban J connectivity index is 1.93. The van der Waals surface area contributed by atoms with Gasteiger partial charge in [0.1, 0.15) is 5.03 Å². The molecular formula is C13H15N5S2. The van der Waals surface area contributed by atoms with Crippen LogP contribution in [-0.4, -0.2) is 25.9 Å². The molecule has 3 rings (SSSR count). The van der Waals surface area contributed by atoms with Gasteiger partial charge in [-0.1, -0.05) is 6.92 Å². The van der Waals surface area contributed by atoms with Crippen molar-refractivity contribution in [2.45, 2.75) is 30.6 Å². The molecule has 0 spiro atoms. The number of nitrogens with one attached hydrogen (secondary N) is 1. The van der Waals surface area contributed by atoms with Gasteiger partial charge in [-0.3, -0.25) is 4.40 Å². The number of hydrogen-bond donors (Lipinski definition) is 1. The van der Waals surface area contributed by atoms with Crippen LogP contribution in [0.3, 0.4) is 0 Å². The molecule has 0 aliphatic rings. The second-order valence-corrected chi connectivity index (χ2v) is 6.17. The Bertz CT molecular complexity index is 701. The number of hydrogen-bond acceptors (Lipinski definition) is 6. The van der Waals surface area contributed by atoms with Crippen LogP contribution in [-0.2, 0) is 6.54 Å². The summed E-state index contributed by atoms with van der Waals surface area (Å²) in [4.78, 5) is 14.3. The molecule has 0 radical (unpaired) electrons. The van der Waals surface area contributed by atoms with Crippen molar-refractivity contribution in [2.75, 3.05) is 6.54 Å². The maximum absolute atomic E-state index is 4.67. The zero-order valence-corrected chi connectivity index (χ0v) is 13.0. The van der Waals surface area contributed by atoms with Gasteiger partial charge in [-0.15, -0.1) is 11.3 Å². The molecule has 3 aromatic heterocycles. The molecule has 3 heterocycles. The average molecular weight is 305 g/mol. The first-order valence-corrected chi connectivity index (χ1v) is 8.09. The van der Waals surface area contributed by atoms with Gasteiger partial charge in [-0.2, -0.15) is 0 Å². The Hall–Kier alpha value is -1.44. The van der Waals surface area contributed by atoms with Crippen molar-refractivity contribution < 1.29 is 0 Å². The van der Waals surface area contributed by atoms with Crippen LogP contribution >= 0.6 is 23.1 Å². The van der Waals surface area contributed by atoms with Crippen LogP contribution in [0.5, 0.6) is 0 Å². The Morgan fingerprint density at radius 2 is 2.15 bits per heavy atom. The second kappa shape index (κ2) is 5.90. The highest BCUT2D eigenvalue weighted by Crippen LogP contribution is 2.29. The highest BCUT2D eigenvalue weighted by molar-refractivity contribution is 7.99. The lowest BCUT2D eigenvalue weighted by molar-refractivity contribution is 0.694. The van der Waals surface area contributed by atoms with Crippen molar-refractivity contribution in [1.29, 1.82) is 0 Å². The minimum absolute atomic E-state index is 0.735. The summed E-state index contributed by atoms with van der Waals surface area (Å²) in [5, 5.41) is 7.12. The van der Waals surface area contributed by atoms with E-state index in [1.807, 2.05) is 19.3 Å². The molecule has 0 fully saturated rings. The Morgan fingerprint density at radius 1 is 1.35 bits per heavy atom. The number of rotatable bonds is 5. The summed E-state index contributed by atoms with van der Waals surface area (Å²) in [6.07, 6.45) is 5.72. The van der Waals surface area contributed by atoms with Crippen LogP contribution in [0.15, 0.2) is 34.2 Å². The molecular weight excluding hydrogens is 290 g/mol. The molecule has 0 saturated carbocycles. The van der Waals surface area contributed by atoms with Crippen molar-refractivity contribution in [1.82, 2.24) is 24.7 Å². The minimum Gasteiger partial charge on any atom is -0.311 e. The van der Waals surface area contributed by atoms with E-state index in [0.29, 0.717) is 0 Å². The predicted molar refractivity (Wildman–Crippen MR) is 81.3 cm³/mol. The highest BCUT2D eigenvalue weighted by atomic mass is 32.2. The topological polar surface area (TPSA) is 55.1 Å². The fourth-order valence-electron chi connectivity index (χ4n) is 1.82. The zero-order chi connectivity index (χ0) is 13.9. The summed E-state index contributed by atoms with van der Waals surface area (Å²) >= 11 is 3.15. The van der Waals surface area contributed by atoms with Crippen molar-refractivity contribution >= 4 is 28.1 Å². The van der Waals surface area contributed by atoms with Crippen LogP contribution in [0, 0.1) is 6.92 Å². The van der Waals surface area contributed by atoms with E-state index < -0.39 is 0 Å². The van der Waals surface area contributed by atoms with Crippen molar-refractivity contribution in [3.63, 3.8) is 0 Å². The SMILES string of the molecule is CCNCc1c(Sc2ncc(C)cn2)nc2sccn12. The molecule has 0 saturated heterocycles. The zero-order valence-electron chi connectivity index (χ0n) is 11.3. The molecule has 0 unspecified atom stereocenters. The standard InChI is InChI=1S/C13H15N5S2/c1-3-14-8-10-11(17-13-18(10)4-5-19-13)20-12-15-6-9(2)7-16-12/h4-7,14H,3,8H2,1-2H3. The third-order valence-electron chi connectivity index (χ3n) is 2.81. The first kappa shape index (κ1) is 13.5. The van der Waals surface area contributed by atoms with Crippen molar-refractivity contribution in [3.05, 3.63) is 35.2 Å².